The van der Waals surface area contributed by atoms with Gasteiger partial charge in [0.05, 0.1) is 6.42 Å². The summed E-state index contributed by atoms with van der Waals surface area (Å²) in [4.78, 5) is 23.8. The smallest absolute Gasteiger partial charge is 0.304 e. The molecule has 0 unspecified atom stereocenters. The fraction of sp³-hybridized carbons (Fsp3) is 0.364. The van der Waals surface area contributed by atoms with E-state index in [1.54, 1.807) is 13.1 Å². The summed E-state index contributed by atoms with van der Waals surface area (Å²) in [7, 11) is 1.57. The van der Waals surface area contributed by atoms with Crippen LogP contribution in [0.4, 0.5) is 5.69 Å². The van der Waals surface area contributed by atoms with Gasteiger partial charge in [0.1, 0.15) is 0 Å². The molecule has 1 heterocycles. The van der Waals surface area contributed by atoms with Gasteiger partial charge in [0.2, 0.25) is 0 Å². The maximum Gasteiger partial charge on any atom is 0.304 e. The van der Waals surface area contributed by atoms with Crippen LogP contribution in [0.5, 0.6) is 0 Å². The Morgan fingerprint density at radius 1 is 1.44 bits per heavy atom. The van der Waals surface area contributed by atoms with Crippen molar-refractivity contribution in [3.05, 3.63) is 39.9 Å². The highest BCUT2D eigenvalue weighted by molar-refractivity contribution is 6.01. The molecule has 0 bridgehead atoms. The summed E-state index contributed by atoms with van der Waals surface area (Å²) in [5, 5.41) is 11.0. The first-order valence-electron chi connectivity index (χ1n) is 4.97. The molecule has 0 saturated carbocycles. The van der Waals surface area contributed by atoms with Gasteiger partial charge in [-0.05, 0) is 11.6 Å². The van der Waals surface area contributed by atoms with E-state index in [1.807, 2.05) is 18.2 Å². The van der Waals surface area contributed by atoms with E-state index >= 15 is 0 Å². The van der Waals surface area contributed by atoms with Crippen LogP contribution in [-0.4, -0.2) is 23.4 Å². The molecule has 1 aromatic carbocycles. The number of carbonyl (C=O) groups is 1. The number of hydrogen-bond donors (Lipinski definition) is 0. The normalized spacial score (nSPS) is 24.1. The Kier molecular flexibility index (Phi) is 2.18. The number of anilines is 1. The van der Waals surface area contributed by atoms with Gasteiger partial charge in [0, 0.05) is 24.6 Å². The number of benzene rings is 1. The maximum atomic E-state index is 11.9. The number of nitro groups is 1. The van der Waals surface area contributed by atoms with Crippen molar-refractivity contribution in [2.24, 2.45) is 0 Å². The number of likely N-dealkylation sites (N-methyl/N-ethyl adjacent to an activating group) is 1. The molecule has 1 aromatic rings. The van der Waals surface area contributed by atoms with E-state index < -0.39 is 16.4 Å². The number of amides is 1. The lowest BCUT2D eigenvalue weighted by Gasteiger charge is -2.32. The molecule has 5 heteroatoms. The Labute approximate surface area is 92.8 Å². The molecule has 0 radical (unpaired) electrons. The fourth-order valence-electron chi connectivity index (χ4n) is 2.05. The van der Waals surface area contributed by atoms with Gasteiger partial charge in [-0.2, -0.15) is 0 Å². The Balaban J connectivity index is 2.55. The molecule has 0 spiro atoms. The summed E-state index contributed by atoms with van der Waals surface area (Å²) in [6.45, 7) is 1.38. The SMILES string of the molecule is CN1C(=O)[C@@](C)([N+](=O)[O-])Cc2ccccc21. The molecule has 5 nitrogen and oxygen atoms in total. The second-order valence-electron chi connectivity index (χ2n) is 4.20. The highest BCUT2D eigenvalue weighted by Crippen LogP contribution is 2.32. The Morgan fingerprint density at radius 3 is 2.69 bits per heavy atom. The van der Waals surface area contributed by atoms with E-state index in [1.165, 1.54) is 11.8 Å². The Morgan fingerprint density at radius 2 is 2.06 bits per heavy atom. The predicted molar refractivity (Wildman–Crippen MR) is 59.0 cm³/mol. The minimum Gasteiger partial charge on any atom is -0.309 e. The van der Waals surface area contributed by atoms with Gasteiger partial charge < -0.3 is 4.90 Å². The molecule has 1 aliphatic rings. The van der Waals surface area contributed by atoms with Gasteiger partial charge in [0.15, 0.2) is 0 Å². The van der Waals surface area contributed by atoms with E-state index in [4.69, 9.17) is 0 Å². The molecule has 16 heavy (non-hydrogen) atoms. The molecule has 0 aliphatic carbocycles. The van der Waals surface area contributed by atoms with E-state index in [0.29, 0.717) is 0 Å². The summed E-state index contributed by atoms with van der Waals surface area (Å²) in [5.74, 6) is -0.462. The molecule has 0 aromatic heterocycles. The Bertz CT molecular complexity index is 472. The second kappa shape index (κ2) is 3.30. The monoisotopic (exact) mass is 220 g/mol. The van der Waals surface area contributed by atoms with Crippen molar-refractivity contribution in [2.75, 3.05) is 11.9 Å². The van der Waals surface area contributed by atoms with E-state index in [2.05, 4.69) is 0 Å². The molecule has 0 N–H and O–H groups in total. The van der Waals surface area contributed by atoms with E-state index in [9.17, 15) is 14.9 Å². The summed E-state index contributed by atoms with van der Waals surface area (Å²) >= 11 is 0. The third kappa shape index (κ3) is 1.28. The highest BCUT2D eigenvalue weighted by atomic mass is 16.6. The summed E-state index contributed by atoms with van der Waals surface area (Å²) in [6.07, 6.45) is 0.152. The average molecular weight is 220 g/mol. The fourth-order valence-corrected chi connectivity index (χ4v) is 2.05. The molecule has 1 atom stereocenters. The zero-order valence-electron chi connectivity index (χ0n) is 9.14. The van der Waals surface area contributed by atoms with Gasteiger partial charge >= 0.3 is 5.91 Å². The first kappa shape index (κ1) is 10.6. The third-order valence-electron chi connectivity index (χ3n) is 3.06. The minimum atomic E-state index is -1.54. The van der Waals surface area contributed by atoms with E-state index in [-0.39, 0.29) is 6.42 Å². The van der Waals surface area contributed by atoms with E-state index in [0.717, 1.165) is 11.3 Å². The van der Waals surface area contributed by atoms with Gasteiger partial charge in [-0.25, -0.2) is 0 Å². The van der Waals surface area contributed by atoms with Crippen LogP contribution in [0, 0.1) is 10.1 Å². The molecule has 0 saturated heterocycles. The second-order valence-corrected chi connectivity index (χ2v) is 4.20. The van der Waals surface area contributed by atoms with Crippen molar-refractivity contribution in [1.29, 1.82) is 0 Å². The highest BCUT2D eigenvalue weighted by Gasteiger charge is 2.51. The lowest BCUT2D eigenvalue weighted by Crippen LogP contribution is -2.55. The minimum absolute atomic E-state index is 0.152. The van der Waals surface area contributed by atoms with Gasteiger partial charge in [-0.3, -0.25) is 14.9 Å². The van der Waals surface area contributed by atoms with Crippen LogP contribution in [0.1, 0.15) is 12.5 Å². The molecule has 84 valence electrons. The van der Waals surface area contributed by atoms with Crippen LogP contribution in [0.2, 0.25) is 0 Å². The van der Waals surface area contributed by atoms with Crippen LogP contribution >= 0.6 is 0 Å². The number of rotatable bonds is 1. The molecule has 0 fully saturated rings. The first-order chi connectivity index (χ1) is 7.47. The first-order valence-corrected chi connectivity index (χ1v) is 4.97. The van der Waals surface area contributed by atoms with Crippen LogP contribution in [0.25, 0.3) is 0 Å². The van der Waals surface area contributed by atoms with Crippen LogP contribution in [-0.2, 0) is 11.2 Å². The van der Waals surface area contributed by atoms with Crippen molar-refractivity contribution in [2.45, 2.75) is 18.9 Å². The number of hydrogen-bond acceptors (Lipinski definition) is 3. The third-order valence-corrected chi connectivity index (χ3v) is 3.06. The van der Waals surface area contributed by atoms with Crippen molar-refractivity contribution < 1.29 is 9.72 Å². The van der Waals surface area contributed by atoms with Crippen LogP contribution in [0.3, 0.4) is 0 Å². The summed E-state index contributed by atoms with van der Waals surface area (Å²) in [5.41, 5.74) is 0.0546. The number of carbonyl (C=O) groups excluding carboxylic acids is 1. The predicted octanol–water partition coefficient (Wildman–Crippen LogP) is 1.24. The van der Waals surface area contributed by atoms with Gasteiger partial charge in [0.25, 0.3) is 5.54 Å². The standard InChI is InChI=1S/C11H12N2O3/c1-11(13(15)16)7-8-5-3-4-6-9(8)12(2)10(11)14/h3-6H,7H2,1-2H3/t11-/m0/s1. The number of para-hydroxylation sites is 1. The maximum absolute atomic E-state index is 11.9. The molecular weight excluding hydrogens is 208 g/mol. The van der Waals surface area contributed by atoms with Crippen LogP contribution in [0.15, 0.2) is 24.3 Å². The Hall–Kier alpha value is -1.91. The van der Waals surface area contributed by atoms with Crippen molar-refractivity contribution in [3.63, 3.8) is 0 Å². The van der Waals surface area contributed by atoms with Gasteiger partial charge in [-0.1, -0.05) is 18.2 Å². The average Bonchev–Trinajstić information content (AvgIpc) is 2.26. The summed E-state index contributed by atoms with van der Waals surface area (Å²) < 4.78 is 0. The quantitative estimate of drug-likeness (QED) is 0.528. The summed E-state index contributed by atoms with van der Waals surface area (Å²) in [6, 6.07) is 7.26. The van der Waals surface area contributed by atoms with Crippen molar-refractivity contribution in [3.8, 4) is 0 Å². The molecule has 1 aliphatic heterocycles. The number of fused-ring (bicyclic) bond motifs is 1. The zero-order valence-corrected chi connectivity index (χ0v) is 9.14. The lowest BCUT2D eigenvalue weighted by atomic mass is 9.87. The van der Waals surface area contributed by atoms with Crippen molar-refractivity contribution in [1.82, 2.24) is 0 Å². The van der Waals surface area contributed by atoms with Crippen molar-refractivity contribution >= 4 is 11.6 Å². The molecule has 2 rings (SSSR count). The number of nitrogens with zero attached hydrogens (tertiary/aromatic N) is 2. The zero-order chi connectivity index (χ0) is 11.9. The molecular formula is C11H12N2O3. The topological polar surface area (TPSA) is 63.5 Å². The van der Waals surface area contributed by atoms with Crippen LogP contribution < -0.4 is 4.90 Å². The largest absolute Gasteiger partial charge is 0.309 e. The van der Waals surface area contributed by atoms with Gasteiger partial charge in [-0.15, -0.1) is 0 Å². The molecule has 1 amide bonds. The lowest BCUT2D eigenvalue weighted by molar-refractivity contribution is -0.547.